The van der Waals surface area contributed by atoms with Gasteiger partial charge >= 0.3 is 0 Å². The molecule has 2 aliphatic heterocycles. The molecule has 0 saturated heterocycles. The summed E-state index contributed by atoms with van der Waals surface area (Å²) in [7, 11) is 0. The highest BCUT2D eigenvalue weighted by atomic mass is 15.2. The van der Waals surface area contributed by atoms with E-state index in [1.165, 1.54) is 9.80 Å². The Labute approximate surface area is 679 Å². The number of anilines is 6. The van der Waals surface area contributed by atoms with Crippen molar-refractivity contribution in [1.29, 1.82) is 0 Å². The first-order valence-corrected chi connectivity index (χ1v) is 34.9. The molecule has 0 radical (unpaired) electrons. The second-order valence-electron chi connectivity index (χ2n) is 29.5. The summed E-state index contributed by atoms with van der Waals surface area (Å²) in [4.78, 5) is 2.66. The van der Waals surface area contributed by atoms with E-state index < -0.39 is 327 Å². The summed E-state index contributed by atoms with van der Waals surface area (Å²) in [6, 6.07) is 1.32. The molecular formula is C102H83BN4. The minimum Gasteiger partial charge on any atom is -0.310 e. The van der Waals surface area contributed by atoms with E-state index in [1.807, 2.05) is 0 Å². The molecule has 0 unspecified atom stereocenters. The molecule has 0 atom stereocenters. The molecular weight excluding hydrogens is 1290 g/mol. The summed E-state index contributed by atoms with van der Waals surface area (Å²) in [6.07, 6.45) is 0. The zero-order valence-corrected chi connectivity index (χ0v) is 59.4. The monoisotopic (exact) mass is 1410 g/mol. The summed E-state index contributed by atoms with van der Waals surface area (Å²) < 4.78 is 368. The highest BCUT2D eigenvalue weighted by Gasteiger charge is 2.47. The molecule has 5 heteroatoms. The minimum atomic E-state index is -2.24. The maximum absolute atomic E-state index is 12.0. The first kappa shape index (κ1) is 37.5. The Hall–Kier alpha value is -12.4. The summed E-state index contributed by atoms with van der Waals surface area (Å²) in [6.45, 7) is 13.5. The van der Waals surface area contributed by atoms with Gasteiger partial charge in [-0.05, 0) is 191 Å². The highest BCUT2D eigenvalue weighted by molar-refractivity contribution is 7.00. The van der Waals surface area contributed by atoms with Gasteiger partial charge in [-0.15, -0.1) is 0 Å². The molecule has 514 valence electrons. The third-order valence-corrected chi connectivity index (χ3v) is 19.5. The number of para-hydroxylation sites is 2. The summed E-state index contributed by atoms with van der Waals surface area (Å²) in [5.41, 5.74) is -15.4. The van der Waals surface area contributed by atoms with Crippen LogP contribution in [0.4, 0.5) is 34.1 Å². The van der Waals surface area contributed by atoms with Gasteiger partial charge in [-0.25, -0.2) is 0 Å². The lowest BCUT2D eigenvalue weighted by molar-refractivity contribution is 0.590. The number of benzene rings is 15. The molecule has 0 aliphatic carbocycles. The lowest BCUT2D eigenvalue weighted by Gasteiger charge is -2.47. The quantitative estimate of drug-likeness (QED) is 0.127. The molecule has 0 N–H and O–H groups in total. The van der Waals surface area contributed by atoms with Gasteiger partial charge in [0.05, 0.1) is 82.8 Å². The van der Waals surface area contributed by atoms with Crippen LogP contribution in [-0.2, 0) is 16.2 Å². The van der Waals surface area contributed by atoms with Crippen molar-refractivity contribution >= 4 is 101 Å². The molecule has 107 heavy (non-hydrogen) atoms. The first-order valence-electron chi connectivity index (χ1n) is 52.9. The largest absolute Gasteiger partial charge is 0.310 e. The molecule has 0 bridgehead atoms. The van der Waals surface area contributed by atoms with Crippen molar-refractivity contribution in [1.82, 2.24) is 9.13 Å². The van der Waals surface area contributed by atoms with Crippen LogP contribution in [0.25, 0.3) is 122 Å². The molecule has 17 aromatic rings. The van der Waals surface area contributed by atoms with Gasteiger partial charge < -0.3 is 18.9 Å². The van der Waals surface area contributed by atoms with Gasteiger partial charge in [0.15, 0.2) is 0 Å². The maximum Gasteiger partial charge on any atom is 0.252 e. The second-order valence-corrected chi connectivity index (χ2v) is 29.5. The van der Waals surface area contributed by atoms with Crippen molar-refractivity contribution in [3.63, 3.8) is 0 Å². The lowest BCUT2D eigenvalue weighted by atomic mass is 9.33. The smallest absolute Gasteiger partial charge is 0.252 e. The van der Waals surface area contributed by atoms with Crippen LogP contribution in [-0.4, -0.2) is 15.8 Å². The van der Waals surface area contributed by atoms with Gasteiger partial charge in [0.1, 0.15) is 0 Å². The molecule has 2 aliphatic rings. The van der Waals surface area contributed by atoms with E-state index in [9.17, 15) is 41.1 Å². The van der Waals surface area contributed by atoms with Crippen LogP contribution < -0.4 is 26.2 Å². The molecule has 0 fully saturated rings. The van der Waals surface area contributed by atoms with Gasteiger partial charge in [0, 0.05) is 77.9 Å². The van der Waals surface area contributed by atoms with Gasteiger partial charge in [0.2, 0.25) is 0 Å². The van der Waals surface area contributed by atoms with Crippen LogP contribution in [0.15, 0.2) is 339 Å². The van der Waals surface area contributed by atoms with E-state index >= 15 is 0 Å². The van der Waals surface area contributed by atoms with Crippen molar-refractivity contribution in [2.45, 2.75) is 78.6 Å². The van der Waals surface area contributed by atoms with Crippen molar-refractivity contribution in [3.8, 4) is 78.1 Å². The molecule has 4 nitrogen and oxygen atoms in total. The number of rotatable bonds is 10. The van der Waals surface area contributed by atoms with Crippen molar-refractivity contribution < 1.29 is 49.3 Å². The minimum absolute atomic E-state index is 0.0612. The Kier molecular flexibility index (Phi) is 8.81. The zero-order chi connectivity index (χ0) is 104. The van der Waals surface area contributed by atoms with Crippen LogP contribution in [0.1, 0.15) is 128 Å². The van der Waals surface area contributed by atoms with Gasteiger partial charge in [0.25, 0.3) is 6.71 Å². The standard InChI is InChI=1S/C102H83BN4/c1-100(2,3)74-58-81(68-36-20-12-21-37-68)98(82(59-74)69-38-22-13-23-39-69)106-93-64-77(104-89-46-30-28-44-79(89)85-56-72(48-54-91(85)104)66-32-16-10-17-33-66)50-52-87(93)103-88-53-51-78(105-90-47-31-29-45-80(90)86-57-73(49-55-92(86)105)67-34-18-11-19-35-67)65-94(88)107(96-63-76(102(7,8)9)62-95(106)97(96)103)99-83(70-40-24-14-25-41-70)60-75(101(4,5)6)61-84(99)71-42-26-15-27-43-71/h10-65H,1-9H3/i10D,11D,16D,17D,18D,19D,28D,29D,30D,31D,32D,33D,34D,35D,44D,45D,46D,47D,48D,49D,50D,51D,52D,53D,54D,55D,56D,57D,58D,59D,60D,61D,62D,63D,64D,65D. The Morgan fingerprint density at radius 1 is 0.262 bits per heavy atom. The Morgan fingerprint density at radius 2 is 0.579 bits per heavy atom. The number of fused-ring (bicyclic) bond motifs is 10. The van der Waals surface area contributed by atoms with E-state index in [1.54, 1.807) is 184 Å². The van der Waals surface area contributed by atoms with Crippen LogP contribution in [0.2, 0.25) is 0 Å². The van der Waals surface area contributed by atoms with Crippen molar-refractivity contribution in [2.24, 2.45) is 0 Å². The zero-order valence-electron chi connectivity index (χ0n) is 95.4. The van der Waals surface area contributed by atoms with Gasteiger partial charge in [-0.1, -0.05) is 304 Å². The SMILES string of the molecule is [2H]c1c([2H])c([2H])c(-c2c([2H])c([2H])c3c(c2[2H])c2c([2H])c([2H])c([2H])c([2H])c2n3-c2c([2H])c([2H])c3c(c2[2H])N(c2c(-c4ccccc4)c([2H])c(C(C)(C)C)c([2H])c2-c2ccccc2)c2c([2H])c(C(C)(C)C)c([2H])c4c2B3c2c([2H])c([2H])c(-n3c5c([2H])c([2H])c([2H])c([2H])c5c5c([2H])c(-c6c([2H])c([2H])c([2H])c([2H])c6[2H])c([2H])c([2H])c53)c([2H])c2N4c2c(-c3ccccc3)c([2H])c(C(C)(C)C)c([2H])c2-c2ccccc2)c([2H])c1[2H]. The van der Waals surface area contributed by atoms with Crippen LogP contribution in [0.3, 0.4) is 0 Å². The fraction of sp³-hybridized carbons (Fsp3) is 0.118. The van der Waals surface area contributed by atoms with Crippen LogP contribution >= 0.6 is 0 Å². The second kappa shape index (κ2) is 25.1. The number of aromatic nitrogens is 2. The molecule has 0 saturated carbocycles. The Morgan fingerprint density at radius 3 is 0.925 bits per heavy atom. The molecule has 15 aromatic carbocycles. The van der Waals surface area contributed by atoms with E-state index in [-0.39, 0.29) is 102 Å². The number of hydrogen-bond donors (Lipinski definition) is 0. The molecule has 19 rings (SSSR count). The van der Waals surface area contributed by atoms with Crippen molar-refractivity contribution in [3.05, 3.63) is 356 Å². The summed E-state index contributed by atoms with van der Waals surface area (Å²) in [5.74, 6) is 0. The van der Waals surface area contributed by atoms with Crippen molar-refractivity contribution in [2.75, 3.05) is 9.80 Å². The molecule has 2 aromatic heterocycles. The van der Waals surface area contributed by atoms with Gasteiger partial charge in [-0.2, -0.15) is 0 Å². The molecule has 0 spiro atoms. The fourth-order valence-corrected chi connectivity index (χ4v) is 14.4. The summed E-state index contributed by atoms with van der Waals surface area (Å²) in [5, 5.41) is -2.63. The normalized spacial score (nSPS) is 17.6. The number of hydrogen-bond acceptors (Lipinski definition) is 2. The third kappa shape index (κ3) is 11.0. The third-order valence-electron chi connectivity index (χ3n) is 19.5. The maximum atomic E-state index is 12.0. The Balaban J connectivity index is 1.12. The first-order chi connectivity index (χ1) is 67.1. The predicted molar refractivity (Wildman–Crippen MR) is 458 cm³/mol. The Bertz CT molecular complexity index is 7960. The molecule has 4 heterocycles. The van der Waals surface area contributed by atoms with E-state index in [4.69, 9.17) is 8.22 Å². The van der Waals surface area contributed by atoms with E-state index in [0.717, 1.165) is 9.13 Å². The fourth-order valence-electron chi connectivity index (χ4n) is 14.4. The molecule has 0 amide bonds. The lowest BCUT2D eigenvalue weighted by Crippen LogP contribution is -2.61. The highest BCUT2D eigenvalue weighted by Crippen LogP contribution is 2.56. The van der Waals surface area contributed by atoms with E-state index in [0.29, 0.717) is 0 Å². The average Bonchev–Trinajstić information content (AvgIpc) is 1.60. The van der Waals surface area contributed by atoms with Crippen LogP contribution in [0, 0.1) is 0 Å². The predicted octanol–water partition coefficient (Wildman–Crippen LogP) is 25.9. The average molecular weight is 1410 g/mol. The van der Waals surface area contributed by atoms with Crippen LogP contribution in [0.5, 0.6) is 0 Å². The summed E-state index contributed by atoms with van der Waals surface area (Å²) >= 11 is 0. The van der Waals surface area contributed by atoms with Gasteiger partial charge in [-0.3, -0.25) is 0 Å². The topological polar surface area (TPSA) is 16.3 Å². The van der Waals surface area contributed by atoms with E-state index in [2.05, 4.69) is 0 Å². The number of nitrogens with zero attached hydrogens (tertiary/aromatic N) is 4.